The van der Waals surface area contributed by atoms with Crippen LogP contribution < -0.4 is 5.32 Å². The SMILES string of the molecule is CCNC(C)(CCCCN(CC)CC(C)CC)C(=O)O. The molecule has 4 heteroatoms. The first-order chi connectivity index (χ1) is 9.39. The monoisotopic (exact) mass is 286 g/mol. The molecule has 0 aliphatic heterocycles. The number of nitrogens with zero attached hydrogens (tertiary/aromatic N) is 1. The topological polar surface area (TPSA) is 52.6 Å². The van der Waals surface area contributed by atoms with Crippen LogP contribution in [0.15, 0.2) is 0 Å². The van der Waals surface area contributed by atoms with Gasteiger partial charge in [0, 0.05) is 6.54 Å². The molecular weight excluding hydrogens is 252 g/mol. The highest BCUT2D eigenvalue weighted by Gasteiger charge is 2.31. The Kier molecular flexibility index (Phi) is 9.86. The third kappa shape index (κ3) is 7.25. The fourth-order valence-corrected chi connectivity index (χ4v) is 2.42. The summed E-state index contributed by atoms with van der Waals surface area (Å²) in [6, 6.07) is 0. The first-order valence-corrected chi connectivity index (χ1v) is 8.10. The van der Waals surface area contributed by atoms with Crippen molar-refractivity contribution < 1.29 is 9.90 Å². The molecule has 0 fully saturated rings. The summed E-state index contributed by atoms with van der Waals surface area (Å²) in [6.45, 7) is 14.4. The van der Waals surface area contributed by atoms with E-state index in [-0.39, 0.29) is 0 Å². The lowest BCUT2D eigenvalue weighted by molar-refractivity contribution is -0.144. The highest BCUT2D eigenvalue weighted by atomic mass is 16.4. The average molecular weight is 286 g/mol. The molecule has 0 spiro atoms. The number of carbonyl (C=O) groups is 1. The van der Waals surface area contributed by atoms with Gasteiger partial charge in [0.15, 0.2) is 0 Å². The van der Waals surface area contributed by atoms with Crippen LogP contribution in [0, 0.1) is 5.92 Å². The number of likely N-dealkylation sites (N-methyl/N-ethyl adjacent to an activating group) is 1. The van der Waals surface area contributed by atoms with E-state index < -0.39 is 11.5 Å². The second-order valence-electron chi connectivity index (χ2n) is 6.03. The standard InChI is InChI=1S/C16H34N2O2/c1-6-14(4)13-18(8-3)12-10-9-11-16(5,15(19)20)17-7-2/h14,17H,6-13H2,1-5H3,(H,19,20). The largest absolute Gasteiger partial charge is 0.480 e. The first kappa shape index (κ1) is 19.4. The molecule has 0 aliphatic carbocycles. The summed E-state index contributed by atoms with van der Waals surface area (Å²) in [6.07, 6.45) is 3.93. The zero-order valence-electron chi connectivity index (χ0n) is 14.0. The van der Waals surface area contributed by atoms with Crippen LogP contribution in [0.3, 0.4) is 0 Å². The Morgan fingerprint density at radius 1 is 1.30 bits per heavy atom. The predicted octanol–water partition coefficient (Wildman–Crippen LogP) is 2.98. The molecule has 20 heavy (non-hydrogen) atoms. The number of rotatable bonds is 12. The zero-order chi connectivity index (χ0) is 15.6. The van der Waals surface area contributed by atoms with Gasteiger partial charge in [-0.1, -0.05) is 34.1 Å². The molecule has 0 bridgehead atoms. The lowest BCUT2D eigenvalue weighted by atomic mass is 9.94. The molecule has 0 amide bonds. The van der Waals surface area contributed by atoms with E-state index >= 15 is 0 Å². The number of nitrogens with one attached hydrogen (secondary N) is 1. The van der Waals surface area contributed by atoms with Crippen molar-refractivity contribution in [2.45, 2.75) is 65.8 Å². The van der Waals surface area contributed by atoms with Gasteiger partial charge in [-0.05, 0) is 51.7 Å². The molecule has 0 saturated heterocycles. The summed E-state index contributed by atoms with van der Waals surface area (Å²) < 4.78 is 0. The van der Waals surface area contributed by atoms with Crippen LogP contribution in [0.1, 0.15) is 60.3 Å². The van der Waals surface area contributed by atoms with Gasteiger partial charge in [0.05, 0.1) is 0 Å². The molecule has 0 aliphatic rings. The number of hydrogen-bond donors (Lipinski definition) is 2. The highest BCUT2D eigenvalue weighted by Crippen LogP contribution is 2.15. The van der Waals surface area contributed by atoms with Crippen LogP contribution in [0.5, 0.6) is 0 Å². The predicted molar refractivity (Wildman–Crippen MR) is 85.1 cm³/mol. The molecule has 0 aromatic rings. The molecule has 0 saturated carbocycles. The maximum atomic E-state index is 11.3. The van der Waals surface area contributed by atoms with Crippen LogP contribution in [0.4, 0.5) is 0 Å². The van der Waals surface area contributed by atoms with Gasteiger partial charge in [0.1, 0.15) is 5.54 Å². The van der Waals surface area contributed by atoms with Crippen LogP contribution >= 0.6 is 0 Å². The molecule has 0 aromatic carbocycles. The summed E-state index contributed by atoms with van der Waals surface area (Å²) in [4.78, 5) is 13.8. The van der Waals surface area contributed by atoms with Gasteiger partial charge in [-0.2, -0.15) is 0 Å². The molecule has 2 atom stereocenters. The molecule has 2 N–H and O–H groups in total. The van der Waals surface area contributed by atoms with Gasteiger partial charge in [-0.25, -0.2) is 0 Å². The molecule has 0 radical (unpaired) electrons. The lowest BCUT2D eigenvalue weighted by Gasteiger charge is -2.27. The summed E-state index contributed by atoms with van der Waals surface area (Å²) in [7, 11) is 0. The van der Waals surface area contributed by atoms with Gasteiger partial charge in [0.2, 0.25) is 0 Å². The molecule has 0 heterocycles. The molecule has 120 valence electrons. The summed E-state index contributed by atoms with van der Waals surface area (Å²) in [5, 5.41) is 12.4. The lowest BCUT2D eigenvalue weighted by Crippen LogP contribution is -2.49. The Balaban J connectivity index is 4.06. The minimum absolute atomic E-state index is 0.692. The van der Waals surface area contributed by atoms with E-state index in [1.807, 2.05) is 6.92 Å². The minimum atomic E-state index is -0.775. The van der Waals surface area contributed by atoms with Crippen molar-refractivity contribution in [3.63, 3.8) is 0 Å². The molecule has 2 unspecified atom stereocenters. The third-order valence-corrected chi connectivity index (χ3v) is 4.15. The third-order valence-electron chi connectivity index (χ3n) is 4.15. The van der Waals surface area contributed by atoms with Crippen molar-refractivity contribution in [1.82, 2.24) is 10.2 Å². The second kappa shape index (κ2) is 10.2. The quantitative estimate of drug-likeness (QED) is 0.542. The van der Waals surface area contributed by atoms with Crippen LogP contribution in [0.25, 0.3) is 0 Å². The van der Waals surface area contributed by atoms with Gasteiger partial charge in [0.25, 0.3) is 0 Å². The van der Waals surface area contributed by atoms with Crippen molar-refractivity contribution in [3.05, 3.63) is 0 Å². The Labute approximate surface area is 124 Å². The van der Waals surface area contributed by atoms with Gasteiger partial charge in [-0.3, -0.25) is 4.79 Å². The minimum Gasteiger partial charge on any atom is -0.480 e. The van der Waals surface area contributed by atoms with E-state index in [9.17, 15) is 9.90 Å². The maximum Gasteiger partial charge on any atom is 0.323 e. The van der Waals surface area contributed by atoms with E-state index in [1.54, 1.807) is 6.92 Å². The number of hydrogen-bond acceptors (Lipinski definition) is 3. The maximum absolute atomic E-state index is 11.3. The van der Waals surface area contributed by atoms with Gasteiger partial charge < -0.3 is 15.3 Å². The Morgan fingerprint density at radius 2 is 1.95 bits per heavy atom. The number of carboxylic acid groups (broad SMARTS) is 1. The summed E-state index contributed by atoms with van der Waals surface area (Å²) in [5.41, 5.74) is -0.775. The Hall–Kier alpha value is -0.610. The number of carboxylic acids is 1. The van der Waals surface area contributed by atoms with Crippen LogP contribution in [-0.2, 0) is 4.79 Å². The Bertz CT molecular complexity index is 271. The van der Waals surface area contributed by atoms with Gasteiger partial charge in [-0.15, -0.1) is 0 Å². The second-order valence-corrected chi connectivity index (χ2v) is 6.03. The van der Waals surface area contributed by atoms with Crippen LogP contribution in [0.2, 0.25) is 0 Å². The molecule has 0 rings (SSSR count). The van der Waals surface area contributed by atoms with Crippen molar-refractivity contribution in [1.29, 1.82) is 0 Å². The normalized spacial score (nSPS) is 16.1. The number of aliphatic carboxylic acids is 1. The Morgan fingerprint density at radius 3 is 2.40 bits per heavy atom. The molecular formula is C16H34N2O2. The van der Waals surface area contributed by atoms with E-state index in [0.29, 0.717) is 13.0 Å². The van der Waals surface area contributed by atoms with E-state index in [2.05, 4.69) is 31.0 Å². The first-order valence-electron chi connectivity index (χ1n) is 8.10. The van der Waals surface area contributed by atoms with Crippen molar-refractivity contribution in [3.8, 4) is 0 Å². The van der Waals surface area contributed by atoms with Gasteiger partial charge >= 0.3 is 5.97 Å². The molecule has 4 nitrogen and oxygen atoms in total. The summed E-state index contributed by atoms with van der Waals surface area (Å²) in [5.74, 6) is -0.00713. The zero-order valence-corrected chi connectivity index (χ0v) is 14.0. The fourth-order valence-electron chi connectivity index (χ4n) is 2.42. The van der Waals surface area contributed by atoms with Crippen LogP contribution in [-0.4, -0.2) is 47.7 Å². The summed E-state index contributed by atoms with van der Waals surface area (Å²) >= 11 is 0. The van der Waals surface area contributed by atoms with Crippen molar-refractivity contribution in [2.75, 3.05) is 26.2 Å². The van der Waals surface area contributed by atoms with E-state index in [0.717, 1.165) is 38.4 Å². The smallest absolute Gasteiger partial charge is 0.323 e. The van der Waals surface area contributed by atoms with E-state index in [4.69, 9.17) is 0 Å². The fraction of sp³-hybridized carbons (Fsp3) is 0.938. The van der Waals surface area contributed by atoms with Crippen molar-refractivity contribution in [2.24, 2.45) is 5.92 Å². The van der Waals surface area contributed by atoms with Crippen molar-refractivity contribution >= 4 is 5.97 Å². The van der Waals surface area contributed by atoms with E-state index in [1.165, 1.54) is 6.42 Å². The molecule has 0 aromatic heterocycles. The average Bonchev–Trinajstić information content (AvgIpc) is 2.41. The highest BCUT2D eigenvalue weighted by molar-refractivity contribution is 5.78. The number of unbranched alkanes of at least 4 members (excludes halogenated alkanes) is 1.